The van der Waals surface area contributed by atoms with Crippen molar-refractivity contribution in [2.45, 2.75) is 19.3 Å². The molecule has 1 atom stereocenters. The highest BCUT2D eigenvalue weighted by Crippen LogP contribution is 2.37. The summed E-state index contributed by atoms with van der Waals surface area (Å²) in [5.74, 6) is 0.456. The molecule has 2 amide bonds. The Morgan fingerprint density at radius 3 is 2.59 bits per heavy atom. The molecule has 0 spiro atoms. The van der Waals surface area contributed by atoms with E-state index in [2.05, 4.69) is 0 Å². The molecule has 3 aliphatic rings. The molecular formula is C19H22N2O6. The van der Waals surface area contributed by atoms with Crippen molar-refractivity contribution in [3.63, 3.8) is 0 Å². The summed E-state index contributed by atoms with van der Waals surface area (Å²) in [5.41, 5.74) is 0.712. The Balaban J connectivity index is 1.39. The zero-order valence-electron chi connectivity index (χ0n) is 15.2. The van der Waals surface area contributed by atoms with Crippen LogP contribution < -0.4 is 14.4 Å². The topological polar surface area (TPSA) is 85.4 Å². The van der Waals surface area contributed by atoms with Crippen LogP contribution in [0.25, 0.3) is 0 Å². The van der Waals surface area contributed by atoms with E-state index < -0.39 is 0 Å². The van der Waals surface area contributed by atoms with E-state index in [4.69, 9.17) is 14.2 Å². The Hall–Kier alpha value is -2.77. The van der Waals surface area contributed by atoms with Gasteiger partial charge in [0.1, 0.15) is 0 Å². The van der Waals surface area contributed by atoms with Crippen LogP contribution in [0.4, 0.5) is 5.69 Å². The molecule has 4 rings (SSSR count). The summed E-state index contributed by atoms with van der Waals surface area (Å²) in [6.45, 7) is 1.57. The second-order valence-corrected chi connectivity index (χ2v) is 7.07. The van der Waals surface area contributed by atoms with Crippen molar-refractivity contribution in [1.82, 2.24) is 4.90 Å². The number of ether oxygens (including phenoxy) is 3. The van der Waals surface area contributed by atoms with E-state index in [1.807, 2.05) is 0 Å². The van der Waals surface area contributed by atoms with Gasteiger partial charge in [-0.3, -0.25) is 14.4 Å². The number of carbonyl (C=O) groups is 3. The number of piperidine rings is 1. The van der Waals surface area contributed by atoms with Gasteiger partial charge in [-0.2, -0.15) is 0 Å². The van der Waals surface area contributed by atoms with Gasteiger partial charge in [-0.15, -0.1) is 0 Å². The summed E-state index contributed by atoms with van der Waals surface area (Å²) in [6.07, 6.45) is 1.40. The Bertz CT molecular complexity index is 771. The van der Waals surface area contributed by atoms with Crippen molar-refractivity contribution in [3.05, 3.63) is 18.2 Å². The number of esters is 1. The van der Waals surface area contributed by atoms with E-state index in [1.165, 1.54) is 7.11 Å². The minimum absolute atomic E-state index is 0.0186. The fourth-order valence-electron chi connectivity index (χ4n) is 3.94. The van der Waals surface area contributed by atoms with Crippen LogP contribution in [0, 0.1) is 11.8 Å². The summed E-state index contributed by atoms with van der Waals surface area (Å²) in [5, 5.41) is 0. The zero-order chi connectivity index (χ0) is 19.0. The first-order valence-electron chi connectivity index (χ1n) is 9.13. The van der Waals surface area contributed by atoms with Gasteiger partial charge in [0.05, 0.1) is 18.9 Å². The van der Waals surface area contributed by atoms with Crippen molar-refractivity contribution in [2.75, 3.05) is 38.4 Å². The Morgan fingerprint density at radius 2 is 1.85 bits per heavy atom. The molecule has 0 N–H and O–H groups in total. The number of fused-ring (bicyclic) bond motifs is 1. The lowest BCUT2D eigenvalue weighted by atomic mass is 9.95. The highest BCUT2D eigenvalue weighted by Gasteiger charge is 2.39. The molecule has 0 radical (unpaired) electrons. The molecule has 3 heterocycles. The van der Waals surface area contributed by atoms with Crippen LogP contribution in [0.5, 0.6) is 11.5 Å². The summed E-state index contributed by atoms with van der Waals surface area (Å²) in [6, 6.07) is 5.35. The maximum Gasteiger partial charge on any atom is 0.308 e. The van der Waals surface area contributed by atoms with Gasteiger partial charge in [0.15, 0.2) is 11.5 Å². The van der Waals surface area contributed by atoms with Gasteiger partial charge in [0.25, 0.3) is 0 Å². The lowest BCUT2D eigenvalue weighted by molar-refractivity contribution is -0.149. The predicted molar refractivity (Wildman–Crippen MR) is 94.3 cm³/mol. The second kappa shape index (κ2) is 7.09. The highest BCUT2D eigenvalue weighted by molar-refractivity contribution is 6.00. The normalized spacial score (nSPS) is 22.3. The average molecular weight is 374 g/mol. The number of benzene rings is 1. The number of carbonyl (C=O) groups excluding carboxylic acids is 3. The van der Waals surface area contributed by atoms with Gasteiger partial charge >= 0.3 is 5.97 Å². The first-order chi connectivity index (χ1) is 13.1. The fraction of sp³-hybridized carbons (Fsp3) is 0.526. The number of hydrogen-bond acceptors (Lipinski definition) is 6. The predicted octanol–water partition coefficient (Wildman–Crippen LogP) is 1.18. The van der Waals surface area contributed by atoms with Crippen LogP contribution in [-0.2, 0) is 19.1 Å². The molecule has 2 saturated heterocycles. The average Bonchev–Trinajstić information content (AvgIpc) is 3.32. The number of anilines is 1. The monoisotopic (exact) mass is 374 g/mol. The number of hydrogen-bond donors (Lipinski definition) is 0. The standard InChI is InChI=1S/C19H22N2O6/c1-25-19(24)12-4-6-20(7-5-12)18(23)13-8-17(22)21(10-13)14-2-3-15-16(9-14)27-11-26-15/h2-3,9,12-13H,4-8,10-11H2,1H3. The minimum Gasteiger partial charge on any atom is -0.469 e. The van der Waals surface area contributed by atoms with Crippen LogP contribution in [0.15, 0.2) is 18.2 Å². The van der Waals surface area contributed by atoms with Gasteiger partial charge in [-0.1, -0.05) is 0 Å². The molecule has 2 fully saturated rings. The molecule has 0 bridgehead atoms. The molecule has 1 aromatic rings. The summed E-state index contributed by atoms with van der Waals surface area (Å²) < 4.78 is 15.4. The molecule has 27 heavy (non-hydrogen) atoms. The molecule has 8 nitrogen and oxygen atoms in total. The van der Waals surface area contributed by atoms with Crippen molar-refractivity contribution < 1.29 is 28.6 Å². The third kappa shape index (κ3) is 3.31. The molecule has 1 aromatic carbocycles. The third-order valence-electron chi connectivity index (χ3n) is 5.48. The maximum atomic E-state index is 12.8. The Morgan fingerprint density at radius 1 is 1.11 bits per heavy atom. The van der Waals surface area contributed by atoms with E-state index >= 15 is 0 Å². The smallest absolute Gasteiger partial charge is 0.308 e. The maximum absolute atomic E-state index is 12.8. The van der Waals surface area contributed by atoms with E-state index in [0.29, 0.717) is 49.7 Å². The van der Waals surface area contributed by atoms with Crippen LogP contribution >= 0.6 is 0 Å². The van der Waals surface area contributed by atoms with Gasteiger partial charge in [-0.25, -0.2) is 0 Å². The van der Waals surface area contributed by atoms with Gasteiger partial charge in [0.2, 0.25) is 18.6 Å². The molecule has 0 aliphatic carbocycles. The van der Waals surface area contributed by atoms with Crippen molar-refractivity contribution in [3.8, 4) is 11.5 Å². The van der Waals surface area contributed by atoms with Crippen molar-refractivity contribution >= 4 is 23.5 Å². The highest BCUT2D eigenvalue weighted by atomic mass is 16.7. The van der Waals surface area contributed by atoms with Gasteiger partial charge < -0.3 is 24.0 Å². The van der Waals surface area contributed by atoms with Crippen molar-refractivity contribution in [2.24, 2.45) is 11.8 Å². The Labute approximate surface area is 157 Å². The van der Waals surface area contributed by atoms with Crippen LogP contribution in [0.3, 0.4) is 0 Å². The molecule has 1 unspecified atom stereocenters. The molecule has 0 saturated carbocycles. The molecule has 0 aromatic heterocycles. The largest absolute Gasteiger partial charge is 0.469 e. The third-order valence-corrected chi connectivity index (χ3v) is 5.48. The van der Waals surface area contributed by atoms with Gasteiger partial charge in [0, 0.05) is 37.8 Å². The van der Waals surface area contributed by atoms with Crippen LogP contribution in [-0.4, -0.2) is 56.2 Å². The van der Waals surface area contributed by atoms with E-state index in [1.54, 1.807) is 28.0 Å². The summed E-state index contributed by atoms with van der Waals surface area (Å²) >= 11 is 0. The number of likely N-dealkylation sites (tertiary alicyclic amines) is 1. The first kappa shape index (κ1) is 17.6. The second-order valence-electron chi connectivity index (χ2n) is 7.07. The van der Waals surface area contributed by atoms with Crippen LogP contribution in [0.2, 0.25) is 0 Å². The van der Waals surface area contributed by atoms with Crippen LogP contribution in [0.1, 0.15) is 19.3 Å². The number of amides is 2. The lowest BCUT2D eigenvalue weighted by Crippen LogP contribution is -2.43. The van der Waals surface area contributed by atoms with E-state index in [9.17, 15) is 14.4 Å². The number of nitrogens with zero attached hydrogens (tertiary/aromatic N) is 2. The first-order valence-corrected chi connectivity index (χ1v) is 9.13. The lowest BCUT2D eigenvalue weighted by Gasteiger charge is -2.32. The fourth-order valence-corrected chi connectivity index (χ4v) is 3.94. The molecule has 8 heteroatoms. The van der Waals surface area contributed by atoms with Gasteiger partial charge in [-0.05, 0) is 25.0 Å². The minimum atomic E-state index is -0.363. The van der Waals surface area contributed by atoms with Crippen molar-refractivity contribution in [1.29, 1.82) is 0 Å². The summed E-state index contributed by atoms with van der Waals surface area (Å²) in [4.78, 5) is 40.3. The quantitative estimate of drug-likeness (QED) is 0.739. The number of methoxy groups -OCH3 is 1. The molecule has 144 valence electrons. The summed E-state index contributed by atoms with van der Waals surface area (Å²) in [7, 11) is 1.38. The molecular weight excluding hydrogens is 352 g/mol. The van der Waals surface area contributed by atoms with E-state index in [-0.39, 0.29) is 42.8 Å². The zero-order valence-corrected chi connectivity index (χ0v) is 15.2. The van der Waals surface area contributed by atoms with E-state index in [0.717, 1.165) is 0 Å². The number of rotatable bonds is 3. The molecule has 3 aliphatic heterocycles. The Kier molecular flexibility index (Phi) is 4.63. The SMILES string of the molecule is COC(=O)C1CCN(C(=O)C2CC(=O)N(c3ccc4c(c3)OCO4)C2)CC1.